The Balaban J connectivity index is 1.33. The van der Waals surface area contributed by atoms with Gasteiger partial charge in [-0.1, -0.05) is 17.3 Å². The second-order valence-electron chi connectivity index (χ2n) is 7.72. The Hall–Kier alpha value is -5.25. The van der Waals surface area contributed by atoms with Crippen molar-refractivity contribution < 1.29 is 22.4 Å². The van der Waals surface area contributed by atoms with E-state index in [1.807, 2.05) is 6.07 Å². The van der Waals surface area contributed by atoms with E-state index < -0.39 is 23.2 Å². The lowest BCUT2D eigenvalue weighted by Gasteiger charge is -2.10. The Bertz CT molecular complexity index is 1700. The molecule has 0 aliphatic carbocycles. The third-order valence-corrected chi connectivity index (χ3v) is 5.24. The average Bonchev–Trinajstić information content (AvgIpc) is 3.54. The highest BCUT2D eigenvalue weighted by Crippen LogP contribution is 2.27. The van der Waals surface area contributed by atoms with Gasteiger partial charge in [-0.05, 0) is 35.9 Å². The summed E-state index contributed by atoms with van der Waals surface area (Å²) in [7, 11) is 0. The molecule has 13 heteroatoms. The van der Waals surface area contributed by atoms with Crippen LogP contribution in [0.3, 0.4) is 0 Å². The predicted octanol–water partition coefficient (Wildman–Crippen LogP) is 3.67. The summed E-state index contributed by atoms with van der Waals surface area (Å²) in [6.45, 7) is -0.175. The topological polar surface area (TPSA) is 146 Å². The van der Waals surface area contributed by atoms with Crippen molar-refractivity contribution >= 4 is 0 Å². The van der Waals surface area contributed by atoms with Crippen LogP contribution in [0.2, 0.25) is 0 Å². The summed E-state index contributed by atoms with van der Waals surface area (Å²) in [5.74, 6) is -2.54. The van der Waals surface area contributed by atoms with Gasteiger partial charge >= 0.3 is 5.76 Å². The highest BCUT2D eigenvalue weighted by atomic mass is 19.1. The van der Waals surface area contributed by atoms with E-state index in [0.29, 0.717) is 0 Å². The highest BCUT2D eigenvalue weighted by Gasteiger charge is 2.17. The molecular formula is C24H14F3N7O3. The molecule has 0 saturated carbocycles. The quantitative estimate of drug-likeness (QED) is 0.341. The molecule has 5 rings (SSSR count). The summed E-state index contributed by atoms with van der Waals surface area (Å²) in [6, 6.07) is 12.4. The van der Waals surface area contributed by atoms with E-state index in [4.69, 9.17) is 10.00 Å². The number of aromatic amines is 2. The first kappa shape index (κ1) is 23.5. The minimum Gasteiger partial charge on any atom is -0.473 e. The molecule has 0 radical (unpaired) electrons. The van der Waals surface area contributed by atoms with Crippen LogP contribution in [0.25, 0.3) is 22.9 Å². The third-order valence-electron chi connectivity index (χ3n) is 5.24. The Morgan fingerprint density at radius 2 is 1.84 bits per heavy atom. The summed E-state index contributed by atoms with van der Waals surface area (Å²) in [4.78, 5) is 21.6. The zero-order chi connectivity index (χ0) is 25.9. The number of hydrogen-bond donors (Lipinski definition) is 2. The van der Waals surface area contributed by atoms with E-state index in [1.165, 1.54) is 24.3 Å². The number of ether oxygens (including phenoxy) is 1. The van der Waals surface area contributed by atoms with E-state index in [9.17, 15) is 18.0 Å². The molecule has 0 saturated heterocycles. The second-order valence-corrected chi connectivity index (χ2v) is 7.72. The summed E-state index contributed by atoms with van der Waals surface area (Å²) >= 11 is 0. The van der Waals surface area contributed by atoms with Crippen molar-refractivity contribution in [1.29, 1.82) is 5.26 Å². The van der Waals surface area contributed by atoms with Gasteiger partial charge in [-0.3, -0.25) is 14.6 Å². The van der Waals surface area contributed by atoms with Crippen molar-refractivity contribution in [3.05, 3.63) is 99.0 Å². The molecule has 2 aromatic carbocycles. The van der Waals surface area contributed by atoms with Gasteiger partial charge < -0.3 is 4.74 Å². The molecule has 3 aromatic heterocycles. The number of H-pyrrole nitrogens is 2. The number of hydrogen-bond acceptors (Lipinski definition) is 8. The van der Waals surface area contributed by atoms with Crippen molar-refractivity contribution in [2.45, 2.75) is 13.0 Å². The average molecular weight is 505 g/mol. The van der Waals surface area contributed by atoms with E-state index >= 15 is 0 Å². The molecule has 0 amide bonds. The minimum absolute atomic E-state index is 0.00120. The number of nitrogens with zero attached hydrogens (tertiary/aromatic N) is 5. The fourth-order valence-electron chi connectivity index (χ4n) is 3.44. The summed E-state index contributed by atoms with van der Waals surface area (Å²) in [5.41, 5.74) is 0.393. The number of benzene rings is 2. The molecule has 3 heterocycles. The number of aromatic nitrogens is 6. The van der Waals surface area contributed by atoms with Crippen LogP contribution in [0.4, 0.5) is 13.2 Å². The minimum atomic E-state index is -0.783. The molecule has 184 valence electrons. The molecule has 2 N–H and O–H groups in total. The van der Waals surface area contributed by atoms with Crippen LogP contribution >= 0.6 is 0 Å². The molecule has 37 heavy (non-hydrogen) atoms. The van der Waals surface area contributed by atoms with Crippen LogP contribution < -0.4 is 10.5 Å². The van der Waals surface area contributed by atoms with Crippen molar-refractivity contribution in [2.24, 2.45) is 0 Å². The second kappa shape index (κ2) is 9.78. The molecule has 5 aromatic rings. The van der Waals surface area contributed by atoms with Gasteiger partial charge in [-0.2, -0.15) is 5.26 Å². The van der Waals surface area contributed by atoms with Crippen LogP contribution in [-0.4, -0.2) is 30.3 Å². The molecule has 0 fully saturated rings. The van der Waals surface area contributed by atoms with E-state index in [1.54, 1.807) is 6.07 Å². The van der Waals surface area contributed by atoms with Gasteiger partial charge in [0.1, 0.15) is 29.9 Å². The molecule has 0 aliphatic heterocycles. The third kappa shape index (κ3) is 5.08. The standard InChI is InChI=1S/C24H14F3N7O3/c25-16-6-12(10-28)4-5-13(16)11-36-21-3-1-2-19(29-21)15-9-17(26)14(7-18(15)27)8-20-30-22(33-32-20)23-31-24(35)37-34-23/h1-7,9H,8,11H2,(H,30,32,33)(H,31,34,35). The maximum atomic E-state index is 15.0. The largest absolute Gasteiger partial charge is 0.473 e. The van der Waals surface area contributed by atoms with Gasteiger partial charge in [0.05, 0.1) is 17.3 Å². The van der Waals surface area contributed by atoms with Gasteiger partial charge in [-0.15, -0.1) is 5.10 Å². The van der Waals surface area contributed by atoms with Crippen LogP contribution in [0.5, 0.6) is 5.88 Å². The molecule has 0 atom stereocenters. The lowest BCUT2D eigenvalue weighted by molar-refractivity contribution is 0.288. The van der Waals surface area contributed by atoms with E-state index in [0.717, 1.165) is 18.2 Å². The van der Waals surface area contributed by atoms with E-state index in [-0.39, 0.29) is 64.3 Å². The zero-order valence-corrected chi connectivity index (χ0v) is 18.6. The van der Waals surface area contributed by atoms with Crippen molar-refractivity contribution in [2.75, 3.05) is 0 Å². The monoisotopic (exact) mass is 505 g/mol. The van der Waals surface area contributed by atoms with Gasteiger partial charge in [0.2, 0.25) is 17.5 Å². The van der Waals surface area contributed by atoms with E-state index in [2.05, 4.69) is 34.8 Å². The molecule has 0 spiro atoms. The SMILES string of the molecule is N#Cc1ccc(COc2cccc(-c3cc(F)c(Cc4nc(-c5noc(=O)[nH]5)n[nH]4)cc3F)n2)c(F)c1. The maximum absolute atomic E-state index is 15.0. The lowest BCUT2D eigenvalue weighted by Crippen LogP contribution is -2.02. The summed E-state index contributed by atoms with van der Waals surface area (Å²) in [5, 5.41) is 18.7. The first-order valence-electron chi connectivity index (χ1n) is 10.6. The lowest BCUT2D eigenvalue weighted by atomic mass is 10.0. The first-order chi connectivity index (χ1) is 17.9. The fourth-order valence-corrected chi connectivity index (χ4v) is 3.44. The van der Waals surface area contributed by atoms with Crippen LogP contribution in [0.1, 0.15) is 22.5 Å². The van der Waals surface area contributed by atoms with Crippen LogP contribution in [-0.2, 0) is 13.0 Å². The number of nitrogens with one attached hydrogen (secondary N) is 2. The van der Waals surface area contributed by atoms with Crippen molar-refractivity contribution in [3.8, 4) is 34.9 Å². The van der Waals surface area contributed by atoms with Crippen LogP contribution in [0.15, 0.2) is 57.8 Å². The smallest absolute Gasteiger partial charge is 0.439 e. The van der Waals surface area contributed by atoms with Gasteiger partial charge in [-0.25, -0.2) is 27.9 Å². The Morgan fingerprint density at radius 1 is 1.00 bits per heavy atom. The number of halogens is 3. The zero-order valence-electron chi connectivity index (χ0n) is 18.6. The van der Waals surface area contributed by atoms with Crippen molar-refractivity contribution in [1.82, 2.24) is 30.3 Å². The summed E-state index contributed by atoms with van der Waals surface area (Å²) in [6.07, 6.45) is -0.120. The number of nitriles is 1. The van der Waals surface area contributed by atoms with Gasteiger partial charge in [0.25, 0.3) is 0 Å². The Labute approximate surface area is 205 Å². The predicted molar refractivity (Wildman–Crippen MR) is 120 cm³/mol. The Morgan fingerprint density at radius 3 is 2.59 bits per heavy atom. The number of pyridine rings is 1. The molecule has 0 unspecified atom stereocenters. The normalized spacial score (nSPS) is 10.9. The van der Waals surface area contributed by atoms with Gasteiger partial charge in [0, 0.05) is 23.6 Å². The number of rotatable bonds is 7. The molecule has 0 bridgehead atoms. The molecular weight excluding hydrogens is 491 g/mol. The van der Waals surface area contributed by atoms with Crippen LogP contribution in [0, 0.1) is 28.8 Å². The molecule has 0 aliphatic rings. The van der Waals surface area contributed by atoms with Crippen molar-refractivity contribution in [3.63, 3.8) is 0 Å². The first-order valence-corrected chi connectivity index (χ1v) is 10.6. The molecule has 10 nitrogen and oxygen atoms in total. The Kier molecular flexibility index (Phi) is 6.21. The highest BCUT2D eigenvalue weighted by molar-refractivity contribution is 5.61. The maximum Gasteiger partial charge on any atom is 0.439 e. The van der Waals surface area contributed by atoms with Gasteiger partial charge in [0.15, 0.2) is 0 Å². The summed E-state index contributed by atoms with van der Waals surface area (Å²) < 4.78 is 53.8. The fraction of sp³-hybridized carbons (Fsp3) is 0.0833.